The number of carbonyl (C=O) groups is 1. The van der Waals surface area contributed by atoms with Gasteiger partial charge in [0.1, 0.15) is 0 Å². The minimum Gasteiger partial charge on any atom is -0.478 e. The zero-order chi connectivity index (χ0) is 12.0. The monoisotopic (exact) mass is 233 g/mol. The van der Waals surface area contributed by atoms with Gasteiger partial charge in [0.2, 0.25) is 0 Å². The summed E-state index contributed by atoms with van der Waals surface area (Å²) < 4.78 is 0. The van der Waals surface area contributed by atoms with Crippen molar-refractivity contribution in [2.75, 3.05) is 17.2 Å². The first-order chi connectivity index (χ1) is 8.15. The molecule has 0 spiro atoms. The van der Waals surface area contributed by atoms with Crippen molar-refractivity contribution < 1.29 is 9.90 Å². The largest absolute Gasteiger partial charge is 0.478 e. The van der Waals surface area contributed by atoms with Crippen LogP contribution in [0.1, 0.15) is 29.6 Å². The second-order valence-corrected chi connectivity index (χ2v) is 4.93. The fourth-order valence-electron chi connectivity index (χ4n) is 3.02. The number of hydrogen-bond acceptors (Lipinski definition) is 4. The molecule has 90 valence electrons. The molecule has 3 rings (SSSR count). The fraction of sp³-hybridized carbons (Fsp3) is 0.500. The Labute approximate surface area is 99.2 Å². The van der Waals surface area contributed by atoms with Crippen molar-refractivity contribution in [3.63, 3.8) is 0 Å². The number of hydrogen-bond donors (Lipinski definition) is 2. The first-order valence-electron chi connectivity index (χ1n) is 5.90. The van der Waals surface area contributed by atoms with Crippen molar-refractivity contribution >= 4 is 17.5 Å². The predicted octanol–water partition coefficient (Wildman–Crippen LogP) is 1.35. The highest BCUT2D eigenvalue weighted by Crippen LogP contribution is 2.41. The van der Waals surface area contributed by atoms with Crippen molar-refractivity contribution in [1.82, 2.24) is 4.98 Å². The smallest absolute Gasteiger partial charge is 0.337 e. The molecule has 1 aliphatic heterocycles. The van der Waals surface area contributed by atoms with E-state index in [1.807, 2.05) is 0 Å². The second kappa shape index (κ2) is 3.61. The Kier molecular flexibility index (Phi) is 2.21. The highest BCUT2D eigenvalue weighted by Gasteiger charge is 2.39. The van der Waals surface area contributed by atoms with Gasteiger partial charge in [0.05, 0.1) is 11.3 Å². The Balaban J connectivity index is 1.91. The summed E-state index contributed by atoms with van der Waals surface area (Å²) in [5, 5.41) is 8.86. The van der Waals surface area contributed by atoms with Gasteiger partial charge in [0.25, 0.3) is 0 Å². The summed E-state index contributed by atoms with van der Waals surface area (Å²) >= 11 is 0. The van der Waals surface area contributed by atoms with Crippen molar-refractivity contribution in [3.05, 3.63) is 17.8 Å². The number of carboxylic acid groups (broad SMARTS) is 1. The Hall–Kier alpha value is -1.78. The van der Waals surface area contributed by atoms with E-state index in [4.69, 9.17) is 10.8 Å². The summed E-state index contributed by atoms with van der Waals surface area (Å²) in [7, 11) is 0. The Morgan fingerprint density at radius 3 is 2.88 bits per heavy atom. The number of anilines is 2. The van der Waals surface area contributed by atoms with Gasteiger partial charge in [-0.25, -0.2) is 9.78 Å². The van der Waals surface area contributed by atoms with Crippen molar-refractivity contribution in [1.29, 1.82) is 0 Å². The SMILES string of the molecule is Nc1cc(C(=O)O)cnc1N1CC2CCC1C2. The average Bonchev–Trinajstić information content (AvgIpc) is 2.90. The normalized spacial score (nSPS) is 26.5. The van der Waals surface area contributed by atoms with Crippen molar-refractivity contribution in [2.24, 2.45) is 5.92 Å². The van der Waals surface area contributed by atoms with Gasteiger partial charge >= 0.3 is 5.97 Å². The van der Waals surface area contributed by atoms with Gasteiger partial charge in [-0.1, -0.05) is 0 Å². The number of carboxylic acids is 1. The topological polar surface area (TPSA) is 79.5 Å². The van der Waals surface area contributed by atoms with Gasteiger partial charge < -0.3 is 15.7 Å². The molecule has 2 atom stereocenters. The van der Waals surface area contributed by atoms with Crippen LogP contribution in [0.25, 0.3) is 0 Å². The number of fused-ring (bicyclic) bond motifs is 2. The molecule has 17 heavy (non-hydrogen) atoms. The van der Waals surface area contributed by atoms with Gasteiger partial charge in [0.15, 0.2) is 5.82 Å². The summed E-state index contributed by atoms with van der Waals surface area (Å²) in [5.74, 6) is 0.529. The third-order valence-electron chi connectivity index (χ3n) is 3.82. The van der Waals surface area contributed by atoms with Crippen LogP contribution in [0.2, 0.25) is 0 Å². The molecule has 2 aliphatic rings. The molecular weight excluding hydrogens is 218 g/mol. The van der Waals surface area contributed by atoms with Crippen LogP contribution in [0.3, 0.4) is 0 Å². The van der Waals surface area contributed by atoms with E-state index < -0.39 is 5.97 Å². The number of nitrogens with zero attached hydrogens (tertiary/aromatic N) is 2. The molecule has 2 bridgehead atoms. The molecule has 1 saturated carbocycles. The van der Waals surface area contributed by atoms with Gasteiger partial charge in [-0.2, -0.15) is 0 Å². The molecule has 0 amide bonds. The summed E-state index contributed by atoms with van der Waals surface area (Å²) in [6, 6.07) is 2.04. The molecule has 3 N–H and O–H groups in total. The van der Waals surface area contributed by atoms with Crippen LogP contribution in [0.5, 0.6) is 0 Å². The lowest BCUT2D eigenvalue weighted by atomic mass is 10.1. The van der Waals surface area contributed by atoms with E-state index in [0.29, 0.717) is 11.7 Å². The molecule has 2 unspecified atom stereocenters. The van der Waals surface area contributed by atoms with Crippen molar-refractivity contribution in [2.45, 2.75) is 25.3 Å². The molecule has 1 aliphatic carbocycles. The van der Waals surface area contributed by atoms with E-state index in [-0.39, 0.29) is 5.56 Å². The molecule has 2 fully saturated rings. The highest BCUT2D eigenvalue weighted by molar-refractivity contribution is 5.89. The van der Waals surface area contributed by atoms with Crippen LogP contribution >= 0.6 is 0 Å². The minimum absolute atomic E-state index is 0.149. The zero-order valence-corrected chi connectivity index (χ0v) is 9.47. The van der Waals surface area contributed by atoms with Gasteiger partial charge in [-0.05, 0) is 31.2 Å². The molecule has 0 radical (unpaired) electrons. The minimum atomic E-state index is -0.987. The van der Waals surface area contributed by atoms with E-state index in [9.17, 15) is 4.79 Å². The van der Waals surface area contributed by atoms with Gasteiger partial charge in [-0.15, -0.1) is 0 Å². The van der Waals surface area contributed by atoms with E-state index in [0.717, 1.165) is 18.3 Å². The molecule has 2 heterocycles. The molecule has 5 nitrogen and oxygen atoms in total. The number of rotatable bonds is 2. The molecule has 1 aromatic heterocycles. The molecule has 5 heteroatoms. The van der Waals surface area contributed by atoms with Crippen LogP contribution in [0.15, 0.2) is 12.3 Å². The molecule has 0 aromatic carbocycles. The first-order valence-corrected chi connectivity index (χ1v) is 5.90. The van der Waals surface area contributed by atoms with Crippen LogP contribution in [-0.4, -0.2) is 28.6 Å². The number of nitrogen functional groups attached to an aromatic ring is 1. The van der Waals surface area contributed by atoms with E-state index in [1.165, 1.54) is 31.5 Å². The molecular formula is C12H15N3O2. The maximum Gasteiger partial charge on any atom is 0.337 e. The lowest BCUT2D eigenvalue weighted by Crippen LogP contribution is -2.33. The summed E-state index contributed by atoms with van der Waals surface area (Å²) in [4.78, 5) is 17.3. The Morgan fingerprint density at radius 2 is 2.35 bits per heavy atom. The predicted molar refractivity (Wildman–Crippen MR) is 64.1 cm³/mol. The fourth-order valence-corrected chi connectivity index (χ4v) is 3.02. The highest BCUT2D eigenvalue weighted by atomic mass is 16.4. The Morgan fingerprint density at radius 1 is 1.53 bits per heavy atom. The second-order valence-electron chi connectivity index (χ2n) is 4.93. The zero-order valence-electron chi connectivity index (χ0n) is 9.47. The van der Waals surface area contributed by atoms with Crippen LogP contribution in [0, 0.1) is 5.92 Å². The van der Waals surface area contributed by atoms with E-state index >= 15 is 0 Å². The van der Waals surface area contributed by atoms with E-state index in [1.54, 1.807) is 0 Å². The maximum absolute atomic E-state index is 10.8. The quantitative estimate of drug-likeness (QED) is 0.806. The van der Waals surface area contributed by atoms with Crippen LogP contribution in [0.4, 0.5) is 11.5 Å². The number of pyridine rings is 1. The van der Waals surface area contributed by atoms with Crippen molar-refractivity contribution in [3.8, 4) is 0 Å². The third kappa shape index (κ3) is 1.62. The number of nitrogens with two attached hydrogens (primary N) is 1. The van der Waals surface area contributed by atoms with Gasteiger partial charge in [0, 0.05) is 18.8 Å². The van der Waals surface area contributed by atoms with Crippen LogP contribution in [-0.2, 0) is 0 Å². The number of aromatic nitrogens is 1. The summed E-state index contributed by atoms with van der Waals surface area (Å²) in [5.41, 5.74) is 6.52. The number of aromatic carboxylic acids is 1. The summed E-state index contributed by atoms with van der Waals surface area (Å²) in [6.07, 6.45) is 5.11. The molecule has 1 aromatic rings. The molecule has 1 saturated heterocycles. The summed E-state index contributed by atoms with van der Waals surface area (Å²) in [6.45, 7) is 1.01. The lowest BCUT2D eigenvalue weighted by molar-refractivity contribution is 0.0696. The Bertz CT molecular complexity index is 475. The number of piperidine rings is 1. The van der Waals surface area contributed by atoms with Gasteiger partial charge in [-0.3, -0.25) is 0 Å². The standard InChI is InChI=1S/C12H15N3O2/c13-10-4-8(12(16)17)5-14-11(10)15-6-7-1-2-9(15)3-7/h4-5,7,9H,1-3,6,13H2,(H,16,17). The van der Waals surface area contributed by atoms with Crippen LogP contribution < -0.4 is 10.6 Å². The third-order valence-corrected chi connectivity index (χ3v) is 3.82. The average molecular weight is 233 g/mol. The lowest BCUT2D eigenvalue weighted by Gasteiger charge is -2.29. The first kappa shape index (κ1) is 10.4. The maximum atomic E-state index is 10.8. The van der Waals surface area contributed by atoms with E-state index in [2.05, 4.69) is 9.88 Å².